The van der Waals surface area contributed by atoms with E-state index in [0.717, 1.165) is 10.6 Å². The van der Waals surface area contributed by atoms with Gasteiger partial charge in [0.25, 0.3) is 5.56 Å². The molecule has 2 aromatic rings. The molecular weight excluding hydrogens is 225 g/mol. The molecule has 0 radical (unpaired) electrons. The molecule has 3 N–H and O–H groups in total. The molecule has 1 atom stereocenters. The molecule has 1 unspecified atom stereocenters. The van der Waals surface area contributed by atoms with E-state index in [2.05, 4.69) is 4.98 Å². The molecule has 1 aromatic carbocycles. The molecule has 0 fully saturated rings. The van der Waals surface area contributed by atoms with E-state index in [9.17, 15) is 14.0 Å². The summed E-state index contributed by atoms with van der Waals surface area (Å²) in [5.41, 5.74) is 4.81. The van der Waals surface area contributed by atoms with Crippen molar-refractivity contribution in [2.75, 3.05) is 0 Å². The number of nitrogens with two attached hydrogens (primary N) is 1. The van der Waals surface area contributed by atoms with E-state index >= 15 is 0 Å². The molecule has 0 saturated heterocycles. The van der Waals surface area contributed by atoms with Crippen LogP contribution >= 0.6 is 0 Å². The Morgan fingerprint density at radius 3 is 2.82 bits per heavy atom. The molecule has 90 valence electrons. The van der Waals surface area contributed by atoms with E-state index in [4.69, 9.17) is 5.73 Å². The molecule has 2 rings (SSSR count). The predicted octanol–water partition coefficient (Wildman–Crippen LogP) is 0.176. The first kappa shape index (κ1) is 11.5. The van der Waals surface area contributed by atoms with Gasteiger partial charge in [-0.25, -0.2) is 9.18 Å². The average molecular weight is 237 g/mol. The number of benzene rings is 1. The van der Waals surface area contributed by atoms with Gasteiger partial charge in [-0.05, 0) is 25.1 Å². The van der Waals surface area contributed by atoms with Crippen LogP contribution in [0.2, 0.25) is 0 Å². The van der Waals surface area contributed by atoms with Crippen molar-refractivity contribution in [2.24, 2.45) is 5.73 Å². The lowest BCUT2D eigenvalue weighted by Gasteiger charge is -2.08. The fraction of sp³-hybridized carbons (Fsp3) is 0.273. The van der Waals surface area contributed by atoms with Gasteiger partial charge >= 0.3 is 5.69 Å². The second kappa shape index (κ2) is 4.14. The number of aromatic amines is 1. The normalized spacial score (nSPS) is 12.9. The number of nitrogens with zero attached hydrogens (tertiary/aromatic N) is 1. The van der Waals surface area contributed by atoms with E-state index in [1.54, 1.807) is 6.92 Å². The van der Waals surface area contributed by atoms with E-state index in [-0.39, 0.29) is 18.0 Å². The maximum absolute atomic E-state index is 13.0. The average Bonchev–Trinajstić information content (AvgIpc) is 2.25. The zero-order chi connectivity index (χ0) is 12.6. The van der Waals surface area contributed by atoms with Crippen LogP contribution < -0.4 is 17.0 Å². The van der Waals surface area contributed by atoms with Crippen LogP contribution in [0.15, 0.2) is 27.8 Å². The highest BCUT2D eigenvalue weighted by Crippen LogP contribution is 2.07. The summed E-state index contributed by atoms with van der Waals surface area (Å²) in [6.07, 6.45) is 0. The van der Waals surface area contributed by atoms with Crippen molar-refractivity contribution in [1.29, 1.82) is 0 Å². The molecule has 0 aliphatic heterocycles. The second-order valence-electron chi connectivity index (χ2n) is 4.01. The molecule has 6 heteroatoms. The van der Waals surface area contributed by atoms with Crippen LogP contribution in [0, 0.1) is 5.82 Å². The van der Waals surface area contributed by atoms with Gasteiger partial charge in [-0.3, -0.25) is 9.36 Å². The van der Waals surface area contributed by atoms with Crippen molar-refractivity contribution in [1.82, 2.24) is 9.55 Å². The van der Waals surface area contributed by atoms with E-state index in [1.807, 2.05) is 0 Å². The Labute approximate surface area is 95.7 Å². The number of H-pyrrole nitrogens is 1. The molecule has 0 saturated carbocycles. The summed E-state index contributed by atoms with van der Waals surface area (Å²) in [6.45, 7) is 1.78. The van der Waals surface area contributed by atoms with Crippen molar-refractivity contribution in [3.05, 3.63) is 44.9 Å². The van der Waals surface area contributed by atoms with Gasteiger partial charge < -0.3 is 10.7 Å². The molecule has 0 amide bonds. The third-order valence-corrected chi connectivity index (χ3v) is 2.41. The Kier molecular flexibility index (Phi) is 2.81. The summed E-state index contributed by atoms with van der Waals surface area (Å²) in [6, 6.07) is 3.32. The number of halogens is 1. The van der Waals surface area contributed by atoms with E-state index in [1.165, 1.54) is 12.1 Å². The standard InChI is InChI=1S/C11H12FN3O2/c1-6(13)5-15-10(16)8-4-7(12)2-3-9(8)14-11(15)17/h2-4,6H,5,13H2,1H3,(H,14,17). The molecule has 0 spiro atoms. The summed E-state index contributed by atoms with van der Waals surface area (Å²) in [5, 5.41) is 0.144. The van der Waals surface area contributed by atoms with Crippen LogP contribution in [0.25, 0.3) is 10.9 Å². The Bertz CT molecular complexity index is 672. The highest BCUT2D eigenvalue weighted by molar-refractivity contribution is 5.77. The van der Waals surface area contributed by atoms with Crippen molar-refractivity contribution < 1.29 is 4.39 Å². The van der Waals surface area contributed by atoms with Gasteiger partial charge in [0.2, 0.25) is 0 Å². The van der Waals surface area contributed by atoms with E-state index in [0.29, 0.717) is 5.52 Å². The minimum atomic E-state index is -0.536. The maximum Gasteiger partial charge on any atom is 0.328 e. The smallest absolute Gasteiger partial charge is 0.326 e. The van der Waals surface area contributed by atoms with Gasteiger partial charge in [0.1, 0.15) is 5.82 Å². The minimum Gasteiger partial charge on any atom is -0.326 e. The summed E-state index contributed by atoms with van der Waals surface area (Å²) in [4.78, 5) is 26.1. The molecule has 17 heavy (non-hydrogen) atoms. The highest BCUT2D eigenvalue weighted by atomic mass is 19.1. The van der Waals surface area contributed by atoms with Crippen LogP contribution in [0.5, 0.6) is 0 Å². The number of rotatable bonds is 2. The first-order valence-electron chi connectivity index (χ1n) is 5.17. The lowest BCUT2D eigenvalue weighted by atomic mass is 10.2. The Morgan fingerprint density at radius 2 is 2.18 bits per heavy atom. The largest absolute Gasteiger partial charge is 0.328 e. The Hall–Kier alpha value is -1.95. The first-order valence-corrected chi connectivity index (χ1v) is 5.17. The van der Waals surface area contributed by atoms with Crippen molar-refractivity contribution >= 4 is 10.9 Å². The fourth-order valence-electron chi connectivity index (χ4n) is 1.68. The number of hydrogen-bond donors (Lipinski definition) is 2. The zero-order valence-electron chi connectivity index (χ0n) is 9.24. The number of aromatic nitrogens is 2. The van der Waals surface area contributed by atoms with Gasteiger partial charge in [-0.2, -0.15) is 0 Å². The Balaban J connectivity index is 2.78. The summed E-state index contributed by atoms with van der Waals surface area (Å²) >= 11 is 0. The van der Waals surface area contributed by atoms with Crippen molar-refractivity contribution in [3.63, 3.8) is 0 Å². The van der Waals surface area contributed by atoms with Crippen LogP contribution in [0.3, 0.4) is 0 Å². The number of fused-ring (bicyclic) bond motifs is 1. The first-order chi connectivity index (χ1) is 7.99. The third-order valence-electron chi connectivity index (χ3n) is 2.41. The lowest BCUT2D eigenvalue weighted by Crippen LogP contribution is -2.39. The van der Waals surface area contributed by atoms with E-state index < -0.39 is 17.1 Å². The topological polar surface area (TPSA) is 80.9 Å². The monoisotopic (exact) mass is 237 g/mol. The minimum absolute atomic E-state index is 0.0978. The highest BCUT2D eigenvalue weighted by Gasteiger charge is 2.09. The van der Waals surface area contributed by atoms with Crippen LogP contribution in [0.4, 0.5) is 4.39 Å². The van der Waals surface area contributed by atoms with Gasteiger partial charge in [0, 0.05) is 12.6 Å². The van der Waals surface area contributed by atoms with Crippen LogP contribution in [-0.4, -0.2) is 15.6 Å². The molecule has 1 aromatic heterocycles. The lowest BCUT2D eigenvalue weighted by molar-refractivity contribution is 0.553. The zero-order valence-corrected chi connectivity index (χ0v) is 9.24. The molecular formula is C11H12FN3O2. The summed E-state index contributed by atoms with van der Waals surface area (Å²) in [7, 11) is 0. The van der Waals surface area contributed by atoms with Crippen LogP contribution in [-0.2, 0) is 6.54 Å². The van der Waals surface area contributed by atoms with Gasteiger partial charge in [0.05, 0.1) is 10.9 Å². The number of nitrogens with one attached hydrogen (secondary N) is 1. The third kappa shape index (κ3) is 2.12. The van der Waals surface area contributed by atoms with Gasteiger partial charge in [-0.15, -0.1) is 0 Å². The number of hydrogen-bond acceptors (Lipinski definition) is 3. The SMILES string of the molecule is CC(N)Cn1c(=O)[nH]c2ccc(F)cc2c1=O. The van der Waals surface area contributed by atoms with Crippen molar-refractivity contribution in [2.45, 2.75) is 19.5 Å². The van der Waals surface area contributed by atoms with Crippen molar-refractivity contribution in [3.8, 4) is 0 Å². The van der Waals surface area contributed by atoms with Gasteiger partial charge in [-0.1, -0.05) is 0 Å². The van der Waals surface area contributed by atoms with Crippen LogP contribution in [0.1, 0.15) is 6.92 Å². The molecule has 5 nitrogen and oxygen atoms in total. The molecule has 1 heterocycles. The quantitative estimate of drug-likeness (QED) is 0.781. The summed E-state index contributed by atoms with van der Waals surface area (Å²) < 4.78 is 14.0. The Morgan fingerprint density at radius 1 is 1.47 bits per heavy atom. The molecule has 0 bridgehead atoms. The molecule has 0 aliphatic carbocycles. The summed E-state index contributed by atoms with van der Waals surface area (Å²) in [5.74, 6) is -0.519. The second-order valence-corrected chi connectivity index (χ2v) is 4.01. The van der Waals surface area contributed by atoms with Gasteiger partial charge in [0.15, 0.2) is 0 Å². The molecule has 0 aliphatic rings. The predicted molar refractivity (Wildman–Crippen MR) is 62.4 cm³/mol. The fourth-order valence-corrected chi connectivity index (χ4v) is 1.68. The maximum atomic E-state index is 13.0.